The molecule has 95 heavy (non-hydrogen) atoms. The molecule has 0 heterocycles. The summed E-state index contributed by atoms with van der Waals surface area (Å²) in [6.45, 7) is 32.3. The molecule has 2 aromatic carbocycles. The Kier molecular flexibility index (Phi) is 70.8. The second kappa shape index (κ2) is 72.7. The molecule has 1 aliphatic rings. The topological polar surface area (TPSA) is 222 Å². The number of hydrogen-bond acceptors (Lipinski definition) is 24. The summed E-state index contributed by atoms with van der Waals surface area (Å²) in [5.41, 5.74) is 7.92. The predicted octanol–water partition coefficient (Wildman–Crippen LogP) is 8.09. The van der Waals surface area contributed by atoms with Gasteiger partial charge in [0.05, 0.1) is 291 Å². The van der Waals surface area contributed by atoms with Gasteiger partial charge in [-0.05, 0) is 61.8 Å². The Hall–Kier alpha value is -2.52. The summed E-state index contributed by atoms with van der Waals surface area (Å²) in [6, 6.07) is 13.8. The monoisotopic (exact) mass is 1370 g/mol. The number of aryl methyl sites for hydroxylation is 2. The highest BCUT2D eigenvalue weighted by atomic mass is 16.6. The van der Waals surface area contributed by atoms with E-state index in [0.29, 0.717) is 304 Å². The number of hydrogen-bond donors (Lipinski definition) is 0. The highest BCUT2D eigenvalue weighted by molar-refractivity contribution is 5.81. The summed E-state index contributed by atoms with van der Waals surface area (Å²) in [5, 5.41) is 0. The van der Waals surface area contributed by atoms with Gasteiger partial charge in [0.15, 0.2) is 0 Å². The Balaban J connectivity index is 0.0000219. The summed E-state index contributed by atoms with van der Waals surface area (Å²) in [6.07, 6.45) is 3.81. The van der Waals surface area contributed by atoms with Crippen LogP contribution >= 0.6 is 0 Å². The molecule has 1 aliphatic carbocycles. The van der Waals surface area contributed by atoms with E-state index in [1.165, 1.54) is 33.4 Å². The maximum atomic E-state index is 6.11. The van der Waals surface area contributed by atoms with Crippen LogP contribution in [-0.2, 0) is 119 Å². The molecule has 0 N–H and O–H groups in total. The van der Waals surface area contributed by atoms with E-state index in [1.807, 2.05) is 13.8 Å². The van der Waals surface area contributed by atoms with Gasteiger partial charge in [0.2, 0.25) is 0 Å². The lowest BCUT2D eigenvalue weighted by atomic mass is 9.71. The van der Waals surface area contributed by atoms with Crippen LogP contribution in [0.2, 0.25) is 0 Å². The van der Waals surface area contributed by atoms with E-state index in [2.05, 4.69) is 50.2 Å². The maximum Gasteiger partial charge on any atom is 0.0701 e. The van der Waals surface area contributed by atoms with Gasteiger partial charge in [-0.3, -0.25) is 0 Å². The zero-order valence-corrected chi connectivity index (χ0v) is 58.1. The van der Waals surface area contributed by atoms with Gasteiger partial charge >= 0.3 is 0 Å². The zero-order valence-electron chi connectivity index (χ0n) is 58.1. The SMILES string of the molecule is C.C.CC.COCCOCCOCCOCCOCCOCCOCCOCCOCCOCCOCCOCCCC1(CCCOCCOCCOCCOCCOCCOCCOCCOCCOCCOCCOCCOC)c2cc(C)ccc2-c2ccc(C)cc21. The smallest absolute Gasteiger partial charge is 0.0701 e. The maximum absolute atomic E-state index is 6.11. The highest BCUT2D eigenvalue weighted by Gasteiger charge is 2.42. The molecule has 0 bridgehead atoms. The fraction of sp³-hybridized carbons (Fsp3) is 0.831. The first kappa shape index (κ1) is 92.5. The van der Waals surface area contributed by atoms with Crippen molar-refractivity contribution in [3.05, 3.63) is 58.7 Å². The van der Waals surface area contributed by atoms with E-state index in [1.54, 1.807) is 14.2 Å². The van der Waals surface area contributed by atoms with Gasteiger partial charge < -0.3 is 114 Å². The highest BCUT2D eigenvalue weighted by Crippen LogP contribution is 2.54. The number of ether oxygens (including phenoxy) is 24. The van der Waals surface area contributed by atoms with E-state index in [0.717, 1.165) is 25.7 Å². The lowest BCUT2D eigenvalue weighted by molar-refractivity contribution is -0.0281. The number of rotatable bonds is 74. The standard InChI is InChI=1S/C67H118O24.C2H6.2CH4/c1-61-7-9-63-64-10-8-62(2)60-66(64)67(65(63)59-61,11-5-13-70-19-21-74-27-29-78-35-37-82-43-45-86-51-53-90-57-55-88-49-47-84-41-39-80-33-31-76-25-23-72-17-15-68-3)12-6-14-71-20-22-75-28-30-79-36-38-83-44-46-87-52-54-91-58-56-89-50-48-85-42-40-81-34-32-77-26-24-73-18-16-69-4;1-2;;/h7-10,59-60H,5-6,11-58H2,1-4H3;1-2H3;2*1H4. The molecule has 0 saturated carbocycles. The molecule has 0 unspecified atom stereocenters. The second-order valence-corrected chi connectivity index (χ2v) is 20.8. The van der Waals surface area contributed by atoms with Crippen LogP contribution in [0.5, 0.6) is 0 Å². The third-order valence-electron chi connectivity index (χ3n) is 13.8. The van der Waals surface area contributed by atoms with Crippen molar-refractivity contribution >= 4 is 0 Å². The van der Waals surface area contributed by atoms with Crippen molar-refractivity contribution in [3.8, 4) is 11.1 Å². The van der Waals surface area contributed by atoms with E-state index in [-0.39, 0.29) is 20.3 Å². The van der Waals surface area contributed by atoms with Gasteiger partial charge in [-0.1, -0.05) is 76.2 Å². The van der Waals surface area contributed by atoms with Crippen molar-refractivity contribution in [2.75, 3.05) is 318 Å². The number of methoxy groups -OCH3 is 2. The van der Waals surface area contributed by atoms with E-state index in [4.69, 9.17) is 114 Å². The summed E-state index contributed by atoms with van der Waals surface area (Å²) in [5.74, 6) is 0. The van der Waals surface area contributed by atoms with Crippen molar-refractivity contribution in [3.63, 3.8) is 0 Å². The Labute approximate surface area is 573 Å². The Morgan fingerprint density at radius 1 is 0.221 bits per heavy atom. The van der Waals surface area contributed by atoms with Crippen LogP contribution in [0.3, 0.4) is 0 Å². The van der Waals surface area contributed by atoms with Crippen molar-refractivity contribution in [2.24, 2.45) is 0 Å². The lowest BCUT2D eigenvalue weighted by Gasteiger charge is -2.33. The minimum Gasteiger partial charge on any atom is -0.382 e. The fourth-order valence-corrected chi connectivity index (χ4v) is 9.23. The molecule has 24 heteroatoms. The van der Waals surface area contributed by atoms with E-state index < -0.39 is 0 Å². The second-order valence-electron chi connectivity index (χ2n) is 20.8. The molecule has 0 aliphatic heterocycles. The van der Waals surface area contributed by atoms with Crippen LogP contribution in [0, 0.1) is 13.8 Å². The molecule has 0 spiro atoms. The molecular formula is C71H132O24. The molecule has 0 aromatic heterocycles. The number of fused-ring (bicyclic) bond motifs is 3. The van der Waals surface area contributed by atoms with Gasteiger partial charge in [-0.2, -0.15) is 0 Å². The van der Waals surface area contributed by atoms with Crippen molar-refractivity contribution in [2.45, 2.75) is 73.6 Å². The van der Waals surface area contributed by atoms with Crippen molar-refractivity contribution in [1.82, 2.24) is 0 Å². The average Bonchev–Trinajstić information content (AvgIpc) is 1.57. The Morgan fingerprint density at radius 3 is 0.526 bits per heavy atom. The molecular weight excluding hydrogens is 1240 g/mol. The lowest BCUT2D eigenvalue weighted by Crippen LogP contribution is -2.27. The van der Waals surface area contributed by atoms with E-state index >= 15 is 0 Å². The molecule has 0 amide bonds. The molecule has 0 radical (unpaired) electrons. The quantitative estimate of drug-likeness (QED) is 0.0571. The van der Waals surface area contributed by atoms with Gasteiger partial charge in [-0.25, -0.2) is 0 Å². The van der Waals surface area contributed by atoms with Crippen LogP contribution in [0.4, 0.5) is 0 Å². The third-order valence-corrected chi connectivity index (χ3v) is 13.8. The van der Waals surface area contributed by atoms with Crippen LogP contribution < -0.4 is 0 Å². The normalized spacial score (nSPS) is 12.2. The fourth-order valence-electron chi connectivity index (χ4n) is 9.23. The zero-order chi connectivity index (χ0) is 66.5. The van der Waals surface area contributed by atoms with Gasteiger partial charge in [0.25, 0.3) is 0 Å². The minimum atomic E-state index is -0.122. The van der Waals surface area contributed by atoms with Gasteiger partial charge in [0.1, 0.15) is 0 Å². The Morgan fingerprint density at radius 2 is 0.368 bits per heavy atom. The third kappa shape index (κ3) is 53.1. The molecule has 0 fully saturated rings. The summed E-state index contributed by atoms with van der Waals surface area (Å²) < 4.78 is 133. The summed E-state index contributed by atoms with van der Waals surface area (Å²) in [4.78, 5) is 0. The van der Waals surface area contributed by atoms with Crippen LogP contribution in [-0.4, -0.2) is 318 Å². The first-order valence-electron chi connectivity index (χ1n) is 34.0. The molecule has 560 valence electrons. The van der Waals surface area contributed by atoms with Crippen LogP contribution in [0.25, 0.3) is 11.1 Å². The van der Waals surface area contributed by atoms with E-state index in [9.17, 15) is 0 Å². The van der Waals surface area contributed by atoms with Crippen LogP contribution in [0.15, 0.2) is 36.4 Å². The predicted molar refractivity (Wildman–Crippen MR) is 367 cm³/mol. The molecule has 0 saturated heterocycles. The van der Waals surface area contributed by atoms with Crippen molar-refractivity contribution < 1.29 is 114 Å². The first-order valence-corrected chi connectivity index (χ1v) is 34.0. The molecule has 2 aromatic rings. The first-order chi connectivity index (χ1) is 46.1. The minimum absolute atomic E-state index is 0. The molecule has 0 atom stereocenters. The molecule has 24 nitrogen and oxygen atoms in total. The average molecular weight is 1370 g/mol. The summed E-state index contributed by atoms with van der Waals surface area (Å²) in [7, 11) is 3.29. The Bertz CT molecular complexity index is 1730. The van der Waals surface area contributed by atoms with Crippen molar-refractivity contribution in [1.29, 1.82) is 0 Å². The summed E-state index contributed by atoms with van der Waals surface area (Å²) >= 11 is 0. The largest absolute Gasteiger partial charge is 0.382 e. The number of benzene rings is 2. The van der Waals surface area contributed by atoms with Gasteiger partial charge in [0, 0.05) is 32.8 Å². The molecule has 3 rings (SSSR count). The van der Waals surface area contributed by atoms with Gasteiger partial charge in [-0.15, -0.1) is 0 Å². The van der Waals surface area contributed by atoms with Crippen LogP contribution in [0.1, 0.15) is 76.6 Å².